The largest absolute Gasteiger partial charge is 0.464 e. The second-order valence-electron chi connectivity index (χ2n) is 4.31. The number of aliphatic hydroxyl groups is 1. The maximum Gasteiger partial charge on any atom is 0.356 e. The SMILES string of the molecule is COCC(O)CN(C)Cc1cccc(C(=O)OC)n1. The molecular weight excluding hydrogens is 248 g/mol. The summed E-state index contributed by atoms with van der Waals surface area (Å²) in [6.45, 7) is 1.30. The summed E-state index contributed by atoms with van der Waals surface area (Å²) in [4.78, 5) is 17.5. The van der Waals surface area contributed by atoms with Gasteiger partial charge in [-0.15, -0.1) is 0 Å². The molecule has 0 radical (unpaired) electrons. The zero-order chi connectivity index (χ0) is 14.3. The maximum atomic E-state index is 11.4. The van der Waals surface area contributed by atoms with E-state index >= 15 is 0 Å². The molecule has 106 valence electrons. The molecule has 1 unspecified atom stereocenters. The Morgan fingerprint density at radius 3 is 2.84 bits per heavy atom. The van der Waals surface area contributed by atoms with Crippen LogP contribution in [0.4, 0.5) is 0 Å². The molecule has 0 aromatic carbocycles. The molecule has 1 aromatic heterocycles. The number of esters is 1. The smallest absolute Gasteiger partial charge is 0.356 e. The van der Waals surface area contributed by atoms with Crippen LogP contribution >= 0.6 is 0 Å². The monoisotopic (exact) mass is 268 g/mol. The number of carbonyl (C=O) groups excluding carboxylic acids is 1. The summed E-state index contributed by atoms with van der Waals surface area (Å²) < 4.78 is 9.49. The highest BCUT2D eigenvalue weighted by Gasteiger charge is 2.11. The fraction of sp³-hybridized carbons (Fsp3) is 0.538. The minimum absolute atomic E-state index is 0.283. The molecule has 0 amide bonds. The molecule has 1 heterocycles. The lowest BCUT2D eigenvalue weighted by Crippen LogP contribution is -2.31. The first-order valence-electron chi connectivity index (χ1n) is 5.96. The van der Waals surface area contributed by atoms with Gasteiger partial charge in [-0.3, -0.25) is 4.90 Å². The van der Waals surface area contributed by atoms with Gasteiger partial charge in [-0.25, -0.2) is 9.78 Å². The van der Waals surface area contributed by atoms with E-state index in [4.69, 9.17) is 4.74 Å². The van der Waals surface area contributed by atoms with Crippen molar-refractivity contribution in [3.8, 4) is 0 Å². The molecule has 6 nitrogen and oxygen atoms in total. The van der Waals surface area contributed by atoms with Crippen molar-refractivity contribution in [2.45, 2.75) is 12.6 Å². The lowest BCUT2D eigenvalue weighted by molar-refractivity contribution is 0.0416. The lowest BCUT2D eigenvalue weighted by atomic mass is 10.2. The lowest BCUT2D eigenvalue weighted by Gasteiger charge is -2.19. The molecule has 1 atom stereocenters. The van der Waals surface area contributed by atoms with Crippen molar-refractivity contribution in [1.82, 2.24) is 9.88 Å². The minimum Gasteiger partial charge on any atom is -0.464 e. The predicted molar refractivity (Wildman–Crippen MR) is 69.8 cm³/mol. The van der Waals surface area contributed by atoms with E-state index in [2.05, 4.69) is 9.72 Å². The van der Waals surface area contributed by atoms with Gasteiger partial charge in [-0.05, 0) is 19.2 Å². The third-order valence-corrected chi connectivity index (χ3v) is 2.51. The van der Waals surface area contributed by atoms with Crippen LogP contribution in [0.5, 0.6) is 0 Å². The number of ether oxygens (including phenoxy) is 2. The van der Waals surface area contributed by atoms with Crippen LogP contribution < -0.4 is 0 Å². The molecule has 0 fully saturated rings. The number of likely N-dealkylation sites (N-methyl/N-ethyl adjacent to an activating group) is 1. The molecule has 1 N–H and O–H groups in total. The molecule has 19 heavy (non-hydrogen) atoms. The zero-order valence-electron chi connectivity index (χ0n) is 11.5. The Kier molecular flexibility index (Phi) is 6.41. The molecule has 0 bridgehead atoms. The summed E-state index contributed by atoms with van der Waals surface area (Å²) in [7, 11) is 4.74. The summed E-state index contributed by atoms with van der Waals surface area (Å²) in [6.07, 6.45) is -0.543. The normalized spacial score (nSPS) is 12.5. The topological polar surface area (TPSA) is 71.9 Å². The summed E-state index contributed by atoms with van der Waals surface area (Å²) in [5.41, 5.74) is 1.03. The minimum atomic E-state index is -0.543. The predicted octanol–water partition coefficient (Wildman–Crippen LogP) is 0.307. The van der Waals surface area contributed by atoms with Gasteiger partial charge in [0.25, 0.3) is 0 Å². The Hall–Kier alpha value is -1.50. The fourth-order valence-corrected chi connectivity index (χ4v) is 1.73. The molecule has 0 aliphatic heterocycles. The van der Waals surface area contributed by atoms with Crippen molar-refractivity contribution in [2.24, 2.45) is 0 Å². The van der Waals surface area contributed by atoms with E-state index in [1.54, 1.807) is 19.2 Å². The van der Waals surface area contributed by atoms with E-state index < -0.39 is 12.1 Å². The Bertz CT molecular complexity index is 411. The van der Waals surface area contributed by atoms with Crippen molar-refractivity contribution in [3.63, 3.8) is 0 Å². The first kappa shape index (κ1) is 15.6. The van der Waals surface area contributed by atoms with Crippen molar-refractivity contribution < 1.29 is 19.4 Å². The van der Waals surface area contributed by atoms with Crippen LogP contribution in [-0.4, -0.2) is 61.5 Å². The fourth-order valence-electron chi connectivity index (χ4n) is 1.73. The van der Waals surface area contributed by atoms with E-state index in [0.29, 0.717) is 19.7 Å². The molecule has 0 saturated heterocycles. The van der Waals surface area contributed by atoms with Gasteiger partial charge < -0.3 is 14.6 Å². The van der Waals surface area contributed by atoms with Crippen molar-refractivity contribution >= 4 is 5.97 Å². The van der Waals surface area contributed by atoms with Crippen LogP contribution in [0.15, 0.2) is 18.2 Å². The molecular formula is C13H20N2O4. The second-order valence-corrected chi connectivity index (χ2v) is 4.31. The van der Waals surface area contributed by atoms with Gasteiger partial charge in [0.15, 0.2) is 0 Å². The average molecular weight is 268 g/mol. The van der Waals surface area contributed by atoms with Crippen LogP contribution in [0, 0.1) is 0 Å². The number of hydrogen-bond acceptors (Lipinski definition) is 6. The van der Waals surface area contributed by atoms with Crippen LogP contribution in [0.1, 0.15) is 16.2 Å². The zero-order valence-corrected chi connectivity index (χ0v) is 11.5. The summed E-state index contributed by atoms with van der Waals surface area (Å²) in [5, 5.41) is 9.62. The van der Waals surface area contributed by atoms with Gasteiger partial charge in [0.1, 0.15) is 5.69 Å². The molecule has 0 aliphatic carbocycles. The van der Waals surface area contributed by atoms with Gasteiger partial charge in [-0.2, -0.15) is 0 Å². The Balaban J connectivity index is 2.59. The van der Waals surface area contributed by atoms with Gasteiger partial charge in [0.2, 0.25) is 0 Å². The molecule has 0 saturated carbocycles. The quantitative estimate of drug-likeness (QED) is 0.717. The maximum absolute atomic E-state index is 11.4. The number of carbonyl (C=O) groups is 1. The van der Waals surface area contributed by atoms with E-state index in [-0.39, 0.29) is 5.69 Å². The Morgan fingerprint density at radius 2 is 2.21 bits per heavy atom. The van der Waals surface area contributed by atoms with Gasteiger partial charge >= 0.3 is 5.97 Å². The highest BCUT2D eigenvalue weighted by Crippen LogP contribution is 2.04. The van der Waals surface area contributed by atoms with Crippen LogP contribution in [0.25, 0.3) is 0 Å². The Labute approximate surface area is 113 Å². The number of aromatic nitrogens is 1. The summed E-state index contributed by atoms with van der Waals surface area (Å²) in [5.74, 6) is -0.455. The molecule has 1 aromatic rings. The highest BCUT2D eigenvalue weighted by atomic mass is 16.5. The second kappa shape index (κ2) is 7.83. The third kappa shape index (κ3) is 5.34. The van der Waals surface area contributed by atoms with Crippen molar-refractivity contribution in [1.29, 1.82) is 0 Å². The number of methoxy groups -OCH3 is 2. The number of hydrogen-bond donors (Lipinski definition) is 1. The van der Waals surface area contributed by atoms with Crippen LogP contribution in [-0.2, 0) is 16.0 Å². The standard InChI is InChI=1S/C13H20N2O4/c1-15(8-11(16)9-18-2)7-10-5-4-6-12(14-10)13(17)19-3/h4-6,11,16H,7-9H2,1-3H3. The van der Waals surface area contributed by atoms with E-state index in [0.717, 1.165) is 5.69 Å². The number of nitrogens with zero attached hydrogens (tertiary/aromatic N) is 2. The number of rotatable bonds is 7. The van der Waals surface area contributed by atoms with Gasteiger partial charge in [0, 0.05) is 20.2 Å². The van der Waals surface area contributed by atoms with Gasteiger partial charge in [-0.1, -0.05) is 6.07 Å². The van der Waals surface area contributed by atoms with E-state index in [1.807, 2.05) is 18.0 Å². The van der Waals surface area contributed by atoms with E-state index in [1.165, 1.54) is 7.11 Å². The first-order chi connectivity index (χ1) is 9.06. The first-order valence-corrected chi connectivity index (χ1v) is 5.96. The van der Waals surface area contributed by atoms with Crippen molar-refractivity contribution in [2.75, 3.05) is 34.4 Å². The third-order valence-electron chi connectivity index (χ3n) is 2.51. The van der Waals surface area contributed by atoms with E-state index in [9.17, 15) is 9.90 Å². The van der Waals surface area contributed by atoms with Crippen molar-refractivity contribution in [3.05, 3.63) is 29.6 Å². The molecule has 0 aliphatic rings. The van der Waals surface area contributed by atoms with Crippen LogP contribution in [0.2, 0.25) is 0 Å². The molecule has 0 spiro atoms. The Morgan fingerprint density at radius 1 is 1.47 bits per heavy atom. The molecule has 1 rings (SSSR count). The summed E-state index contributed by atoms with van der Waals surface area (Å²) >= 11 is 0. The van der Waals surface area contributed by atoms with Crippen LogP contribution in [0.3, 0.4) is 0 Å². The van der Waals surface area contributed by atoms with Gasteiger partial charge in [0.05, 0.1) is 25.5 Å². The number of pyridine rings is 1. The summed E-state index contributed by atoms with van der Waals surface area (Å²) in [6, 6.07) is 5.19. The molecule has 6 heteroatoms. The number of aliphatic hydroxyl groups excluding tert-OH is 1. The average Bonchev–Trinajstić information content (AvgIpc) is 2.38. The highest BCUT2D eigenvalue weighted by molar-refractivity contribution is 5.87.